The van der Waals surface area contributed by atoms with Crippen LogP contribution in [0, 0.1) is 53.3 Å². The fourth-order valence-electron chi connectivity index (χ4n) is 11.9. The smallest absolute Gasteiger partial charge is 0.417 e. The van der Waals surface area contributed by atoms with Gasteiger partial charge in [0.2, 0.25) is 11.8 Å². The number of hydrogen-bond donors (Lipinski definition) is 0. The number of aryl methyl sites for hydroxylation is 3. The molecule has 3 aliphatic rings. The van der Waals surface area contributed by atoms with Crippen LogP contribution in [0.15, 0.2) is 152 Å². The SMILES string of the molecule is CC(C)CCc1ccccn1.CC(C)Cc1ccc(C(F)(F)F)cn1.CC(C)Cc1cccc(C2CC2)n1.CC(C)Cc1cccc(C2CCC2)n1.CC(C)Cc1cccc(C2CCCC2)n1.CCOc1cccc(CC(C)(C)C)n1.COc1cccc(CC(C)(C)C)n1.Cc1cccc(CCC(C)C)n1. The maximum absolute atomic E-state index is 12.1. The Morgan fingerprint density at radius 1 is 0.387 bits per heavy atom. The van der Waals surface area contributed by atoms with E-state index in [1.165, 1.54) is 122 Å². The summed E-state index contributed by atoms with van der Waals surface area (Å²) < 4.78 is 46.8. The standard InChI is InChI=1S/C14H21N.C13H19N.C12H19NO.C12H17N.C11H17NO.C11H17N.C10H12F3N.C10H15N/c1-11(2)10-13-8-5-9-14(15-13)12-6-3-4-7-12;1-10(2)9-12-7-4-8-13(14-12)11-5-3-6-11;1-5-14-11-8-6-7-10(13-11)9-12(2,3)4;1-9(2)8-11-4-3-5-12(13-11)10-6-7-10;1-11(2,3)8-9-6-5-7-10(12-9)13-4;1-9(2)7-8-11-6-4-5-10(3)12-11;1-7(2)5-9-4-3-8(6-14-9)10(11,12)13;1-9(2)6-7-10-5-3-4-8-11-10/h5,8-9,11-12H,3-4,6-7,10H2,1-2H3;4,7-8,10-11H,3,5-6,9H2,1-2H3;6-8H,5,9H2,1-4H3;3-5,9-10H,6-8H2,1-2H3;5-7H,8H2,1-4H3;4-6,9H,7-8H2,1-3H3;3-4,6-7H,5H2,1-2H3;3-5,8-9H,6-7H2,1-2H3. The van der Waals surface area contributed by atoms with Gasteiger partial charge in [0.05, 0.1) is 19.3 Å². The second-order valence-corrected chi connectivity index (χ2v) is 34.0. The van der Waals surface area contributed by atoms with Crippen molar-refractivity contribution in [2.75, 3.05) is 13.7 Å². The number of rotatable bonds is 22. The van der Waals surface area contributed by atoms with Gasteiger partial charge < -0.3 is 9.47 Å². The average Bonchev–Trinajstić information content (AvgIpc) is 1.71. The Morgan fingerprint density at radius 3 is 1.15 bits per heavy atom. The molecule has 582 valence electrons. The molecule has 0 bridgehead atoms. The van der Waals surface area contributed by atoms with Crippen molar-refractivity contribution in [2.24, 2.45) is 46.3 Å². The van der Waals surface area contributed by atoms with E-state index >= 15 is 0 Å². The van der Waals surface area contributed by atoms with E-state index in [2.05, 4.69) is 213 Å². The van der Waals surface area contributed by atoms with Crippen LogP contribution in [0.5, 0.6) is 11.8 Å². The van der Waals surface area contributed by atoms with E-state index < -0.39 is 11.7 Å². The maximum atomic E-state index is 12.1. The number of ether oxygens (including phenoxy) is 2. The zero-order valence-corrected chi connectivity index (χ0v) is 69.3. The molecule has 10 nitrogen and oxygen atoms in total. The lowest BCUT2D eigenvalue weighted by molar-refractivity contribution is -0.137. The molecule has 8 aromatic rings. The van der Waals surface area contributed by atoms with E-state index in [1.54, 1.807) is 7.11 Å². The number of pyridine rings is 8. The fourth-order valence-corrected chi connectivity index (χ4v) is 11.9. The van der Waals surface area contributed by atoms with Gasteiger partial charge >= 0.3 is 6.18 Å². The number of methoxy groups -OCH3 is 1. The summed E-state index contributed by atoms with van der Waals surface area (Å²) in [6, 6.07) is 46.2. The van der Waals surface area contributed by atoms with Crippen molar-refractivity contribution in [2.45, 2.75) is 284 Å². The van der Waals surface area contributed by atoms with E-state index in [0.29, 0.717) is 48.3 Å². The maximum Gasteiger partial charge on any atom is 0.417 e. The first-order valence-corrected chi connectivity index (χ1v) is 40.0. The Kier molecular flexibility index (Phi) is 41.3. The van der Waals surface area contributed by atoms with Crippen LogP contribution in [-0.2, 0) is 57.5 Å². The predicted molar refractivity (Wildman–Crippen MR) is 438 cm³/mol. The molecule has 0 radical (unpaired) electrons. The van der Waals surface area contributed by atoms with Crippen molar-refractivity contribution in [3.05, 3.63) is 226 Å². The molecule has 3 aliphatic carbocycles. The molecule has 0 aliphatic heterocycles. The minimum Gasteiger partial charge on any atom is -0.481 e. The zero-order valence-electron chi connectivity index (χ0n) is 69.3. The van der Waals surface area contributed by atoms with E-state index in [1.807, 2.05) is 88.5 Å². The van der Waals surface area contributed by atoms with Crippen molar-refractivity contribution in [3.8, 4) is 11.8 Å². The molecule has 3 fully saturated rings. The second kappa shape index (κ2) is 48.1. The molecule has 0 N–H and O–H groups in total. The summed E-state index contributed by atoms with van der Waals surface area (Å²) in [5, 5.41) is 0. The highest BCUT2D eigenvalue weighted by atomic mass is 19.4. The first-order valence-electron chi connectivity index (χ1n) is 40.0. The predicted octanol–water partition coefficient (Wildman–Crippen LogP) is 25.3. The molecule has 3 saturated carbocycles. The lowest BCUT2D eigenvalue weighted by atomic mass is 9.82. The zero-order chi connectivity index (χ0) is 78.2. The topological polar surface area (TPSA) is 122 Å². The van der Waals surface area contributed by atoms with Gasteiger partial charge in [0.15, 0.2) is 0 Å². The van der Waals surface area contributed by atoms with Crippen LogP contribution in [0.1, 0.15) is 294 Å². The number of alkyl halides is 3. The van der Waals surface area contributed by atoms with Crippen LogP contribution in [0.25, 0.3) is 0 Å². The number of halogens is 3. The Bertz CT molecular complexity index is 3620. The van der Waals surface area contributed by atoms with Crippen LogP contribution in [-0.4, -0.2) is 53.6 Å². The van der Waals surface area contributed by atoms with Gasteiger partial charge in [-0.2, -0.15) is 13.2 Å². The van der Waals surface area contributed by atoms with E-state index in [-0.39, 0.29) is 10.8 Å². The summed E-state index contributed by atoms with van der Waals surface area (Å²) in [4.78, 5) is 35.4. The molecule has 106 heavy (non-hydrogen) atoms. The lowest BCUT2D eigenvalue weighted by Crippen LogP contribution is -2.11. The number of nitrogens with zero attached hydrogens (tertiary/aromatic N) is 8. The molecule has 8 heterocycles. The molecule has 11 rings (SSSR count). The highest BCUT2D eigenvalue weighted by Gasteiger charge is 2.31. The molecular weight excluding hydrogens is 1320 g/mol. The molecule has 0 amide bonds. The third-order valence-electron chi connectivity index (χ3n) is 17.5. The minimum absolute atomic E-state index is 0.276. The molecule has 0 saturated heterocycles. The number of aromatic nitrogens is 8. The van der Waals surface area contributed by atoms with Crippen molar-refractivity contribution in [1.82, 2.24) is 39.9 Å². The van der Waals surface area contributed by atoms with Gasteiger partial charge in [-0.3, -0.25) is 29.9 Å². The summed E-state index contributed by atoms with van der Waals surface area (Å²) in [5.41, 5.74) is 14.1. The van der Waals surface area contributed by atoms with E-state index in [9.17, 15) is 13.2 Å². The molecular formula is C93H137F3N8O2. The minimum atomic E-state index is -4.29. The van der Waals surface area contributed by atoms with Gasteiger partial charge in [-0.25, -0.2) is 9.97 Å². The van der Waals surface area contributed by atoms with E-state index in [4.69, 9.17) is 19.4 Å². The fraction of sp³-hybridized carbons (Fsp3) is 0.570. The van der Waals surface area contributed by atoms with Crippen LogP contribution >= 0.6 is 0 Å². The Balaban J connectivity index is 0.000000257. The molecule has 13 heteroatoms. The van der Waals surface area contributed by atoms with Crippen molar-refractivity contribution in [3.63, 3.8) is 0 Å². The lowest BCUT2D eigenvalue weighted by Gasteiger charge is -2.25. The number of hydrogen-bond acceptors (Lipinski definition) is 10. The summed E-state index contributed by atoms with van der Waals surface area (Å²) in [5.74, 6) is 7.79. The van der Waals surface area contributed by atoms with Crippen molar-refractivity contribution in [1.29, 1.82) is 0 Å². The molecule has 0 spiro atoms. The summed E-state index contributed by atoms with van der Waals surface area (Å²) in [6.45, 7) is 44.4. The van der Waals surface area contributed by atoms with Crippen LogP contribution in [0.3, 0.4) is 0 Å². The normalized spacial score (nSPS) is 13.6. The highest BCUT2D eigenvalue weighted by Crippen LogP contribution is 2.39. The first-order chi connectivity index (χ1) is 50.1. The second-order valence-electron chi connectivity index (χ2n) is 34.0. The van der Waals surface area contributed by atoms with Crippen LogP contribution < -0.4 is 9.47 Å². The van der Waals surface area contributed by atoms with E-state index in [0.717, 1.165) is 110 Å². The molecule has 8 aromatic heterocycles. The monoisotopic (exact) mass is 1460 g/mol. The van der Waals surface area contributed by atoms with Crippen molar-refractivity contribution >= 4 is 0 Å². The molecule has 0 aromatic carbocycles. The quantitative estimate of drug-likeness (QED) is 0.0648. The van der Waals surface area contributed by atoms with Gasteiger partial charge in [0.25, 0.3) is 0 Å². The van der Waals surface area contributed by atoms with Crippen LogP contribution in [0.2, 0.25) is 0 Å². The molecule has 0 unspecified atom stereocenters. The van der Waals surface area contributed by atoms with Gasteiger partial charge in [-0.05, 0) is 248 Å². The Morgan fingerprint density at radius 2 is 0.783 bits per heavy atom. The Labute approximate surface area is 641 Å². The van der Waals surface area contributed by atoms with Crippen molar-refractivity contribution < 1.29 is 22.6 Å². The summed E-state index contributed by atoms with van der Waals surface area (Å²) in [7, 11) is 1.64. The molecule has 0 atom stereocenters. The highest BCUT2D eigenvalue weighted by molar-refractivity contribution is 5.22. The largest absolute Gasteiger partial charge is 0.481 e. The van der Waals surface area contributed by atoms with Gasteiger partial charge in [-0.1, -0.05) is 186 Å². The Hall–Kier alpha value is -7.41. The van der Waals surface area contributed by atoms with Gasteiger partial charge in [0.1, 0.15) is 0 Å². The summed E-state index contributed by atoms with van der Waals surface area (Å²) in [6.07, 6.45) is 21.4. The van der Waals surface area contributed by atoms with Crippen LogP contribution in [0.4, 0.5) is 13.2 Å². The summed E-state index contributed by atoms with van der Waals surface area (Å²) >= 11 is 0. The first kappa shape index (κ1) is 91.0. The third-order valence-corrected chi connectivity index (χ3v) is 17.5. The van der Waals surface area contributed by atoms with Gasteiger partial charge in [-0.15, -0.1) is 0 Å². The third kappa shape index (κ3) is 41.6. The van der Waals surface area contributed by atoms with Gasteiger partial charge in [0, 0.05) is 111 Å². The average molecular weight is 1460 g/mol.